The molecule has 3 N–H and O–H groups in total. The second kappa shape index (κ2) is 8.19. The molecule has 5 nitrogen and oxygen atoms in total. The maximum Gasteiger partial charge on any atom is 0.523 e. The van der Waals surface area contributed by atoms with Gasteiger partial charge in [-0.05, 0) is 37.5 Å². The number of hydrogen-bond donors (Lipinski definition) is 2. The predicted molar refractivity (Wildman–Crippen MR) is 104 cm³/mol. The van der Waals surface area contributed by atoms with Crippen molar-refractivity contribution in [1.82, 2.24) is 0 Å². The van der Waals surface area contributed by atoms with Crippen LogP contribution in [0.15, 0.2) is 47.0 Å². The van der Waals surface area contributed by atoms with E-state index in [1.807, 2.05) is 6.92 Å². The van der Waals surface area contributed by atoms with Crippen LogP contribution in [0.4, 0.5) is 23.2 Å². The van der Waals surface area contributed by atoms with E-state index in [0.717, 1.165) is 5.75 Å². The van der Waals surface area contributed by atoms with Crippen LogP contribution in [0.1, 0.15) is 25.3 Å². The van der Waals surface area contributed by atoms with Crippen LogP contribution in [0.25, 0.3) is 0 Å². The van der Waals surface area contributed by atoms with Gasteiger partial charge in [0.2, 0.25) is 0 Å². The van der Waals surface area contributed by atoms with Crippen molar-refractivity contribution in [1.29, 1.82) is 0 Å². The van der Waals surface area contributed by atoms with Crippen LogP contribution in [0.5, 0.6) is 0 Å². The Morgan fingerprint density at radius 3 is 2.86 bits per heavy atom. The van der Waals surface area contributed by atoms with E-state index in [0.29, 0.717) is 17.2 Å². The third-order valence-electron chi connectivity index (χ3n) is 4.68. The van der Waals surface area contributed by atoms with Crippen LogP contribution in [-0.2, 0) is 15.1 Å². The quantitative estimate of drug-likeness (QED) is 0.703. The van der Waals surface area contributed by atoms with E-state index in [1.54, 1.807) is 6.07 Å². The molecule has 0 radical (unpaired) electrons. The number of amides is 1. The summed E-state index contributed by atoms with van der Waals surface area (Å²) in [6.07, 6.45) is -1.72. The Labute approximate surface area is 169 Å². The molecule has 1 aliphatic heterocycles. The number of amidine groups is 1. The average Bonchev–Trinajstić information content (AvgIpc) is 2.62. The summed E-state index contributed by atoms with van der Waals surface area (Å²) in [5.41, 5.74) is 5.37. The summed E-state index contributed by atoms with van der Waals surface area (Å²) in [4.78, 5) is 17.0. The van der Waals surface area contributed by atoms with Gasteiger partial charge in [-0.3, -0.25) is 14.5 Å². The van der Waals surface area contributed by atoms with Gasteiger partial charge in [0, 0.05) is 11.3 Å². The molecule has 0 bridgehead atoms. The number of aliphatic imine (C=N–C) groups is 1. The molecule has 2 aliphatic rings. The summed E-state index contributed by atoms with van der Waals surface area (Å²) in [5.74, 6) is -0.847. The maximum atomic E-state index is 14.3. The largest absolute Gasteiger partial charge is 0.523 e. The number of benzene rings is 1. The number of anilines is 1. The van der Waals surface area contributed by atoms with Crippen molar-refractivity contribution in [2.75, 3.05) is 11.1 Å². The van der Waals surface area contributed by atoms with Crippen molar-refractivity contribution in [2.24, 2.45) is 10.7 Å². The fraction of sp³-hybridized carbons (Fsp3) is 0.368. The number of hydrogen-bond acceptors (Lipinski definition) is 5. The van der Waals surface area contributed by atoms with Crippen LogP contribution in [0.2, 0.25) is 0 Å². The van der Waals surface area contributed by atoms with Crippen LogP contribution in [-0.4, -0.2) is 29.3 Å². The molecule has 2 atom stereocenters. The van der Waals surface area contributed by atoms with E-state index >= 15 is 0 Å². The maximum absolute atomic E-state index is 14.3. The minimum absolute atomic E-state index is 0.120. The Hall–Kier alpha value is -2.33. The van der Waals surface area contributed by atoms with E-state index in [4.69, 9.17) is 5.73 Å². The number of rotatable bonds is 4. The lowest BCUT2D eigenvalue weighted by Crippen LogP contribution is -2.32. The molecule has 0 saturated heterocycles. The van der Waals surface area contributed by atoms with Gasteiger partial charge in [-0.2, -0.15) is 0 Å². The van der Waals surface area contributed by atoms with Crippen molar-refractivity contribution in [2.45, 2.75) is 37.8 Å². The molecule has 0 spiro atoms. The number of nitrogens with two attached hydrogens (primary N) is 1. The fourth-order valence-corrected chi connectivity index (χ4v) is 4.12. The molecule has 10 heteroatoms. The molecule has 1 heterocycles. The molecule has 1 aromatic carbocycles. The van der Waals surface area contributed by atoms with Crippen molar-refractivity contribution in [3.63, 3.8) is 0 Å². The Morgan fingerprint density at radius 1 is 1.41 bits per heavy atom. The second-order valence-corrected chi connectivity index (χ2v) is 7.92. The summed E-state index contributed by atoms with van der Waals surface area (Å²) in [5, 5.41) is 2.77. The van der Waals surface area contributed by atoms with Gasteiger partial charge in [0.1, 0.15) is 11.9 Å². The van der Waals surface area contributed by atoms with Gasteiger partial charge in [-0.1, -0.05) is 36.1 Å². The summed E-state index contributed by atoms with van der Waals surface area (Å²) in [7, 11) is 0. The first-order valence-corrected chi connectivity index (χ1v) is 9.77. The van der Waals surface area contributed by atoms with Crippen LogP contribution in [0.3, 0.4) is 0 Å². The first-order valence-electron chi connectivity index (χ1n) is 8.78. The SMILES string of the molecule is CC1(c2ccc(F)c(NC(=O)C3=CC=CCC3OC(F)(F)F)c2)CCSC(N)=N1. The number of nitrogens with one attached hydrogen (secondary N) is 1. The molecule has 0 saturated carbocycles. The zero-order valence-corrected chi connectivity index (χ0v) is 16.2. The normalized spacial score (nSPS) is 24.7. The molecular weight excluding hydrogens is 410 g/mol. The summed E-state index contributed by atoms with van der Waals surface area (Å²) >= 11 is 1.42. The summed E-state index contributed by atoms with van der Waals surface area (Å²) in [6.45, 7) is 1.85. The molecular formula is C19H19F4N3O2S. The third-order valence-corrected chi connectivity index (χ3v) is 5.47. The second-order valence-electron chi connectivity index (χ2n) is 6.81. The minimum atomic E-state index is -4.90. The van der Waals surface area contributed by atoms with Gasteiger partial charge < -0.3 is 11.1 Å². The highest BCUT2D eigenvalue weighted by Crippen LogP contribution is 2.36. The van der Waals surface area contributed by atoms with Gasteiger partial charge in [0.15, 0.2) is 5.17 Å². The fourth-order valence-electron chi connectivity index (χ4n) is 3.15. The van der Waals surface area contributed by atoms with Crippen molar-refractivity contribution in [3.8, 4) is 0 Å². The van der Waals surface area contributed by atoms with Crippen molar-refractivity contribution >= 4 is 28.5 Å². The molecule has 3 rings (SSSR count). The molecule has 1 aliphatic carbocycles. The number of nitrogens with zero attached hydrogens (tertiary/aromatic N) is 1. The van der Waals surface area contributed by atoms with Gasteiger partial charge in [0.25, 0.3) is 5.91 Å². The average molecular weight is 429 g/mol. The molecule has 29 heavy (non-hydrogen) atoms. The zero-order valence-electron chi connectivity index (χ0n) is 15.4. The Balaban J connectivity index is 1.84. The number of ether oxygens (including phenoxy) is 1. The van der Waals surface area contributed by atoms with Crippen molar-refractivity contribution < 1.29 is 27.1 Å². The Kier molecular flexibility index (Phi) is 6.04. The predicted octanol–water partition coefficient (Wildman–Crippen LogP) is 4.22. The molecule has 1 aromatic rings. The number of thioether (sulfide) groups is 1. The van der Waals surface area contributed by atoms with E-state index in [-0.39, 0.29) is 17.7 Å². The van der Waals surface area contributed by atoms with Crippen molar-refractivity contribution in [3.05, 3.63) is 53.4 Å². The number of halogens is 4. The van der Waals surface area contributed by atoms with E-state index in [9.17, 15) is 22.4 Å². The van der Waals surface area contributed by atoms with Crippen LogP contribution < -0.4 is 11.1 Å². The van der Waals surface area contributed by atoms with Gasteiger partial charge in [0.05, 0.1) is 11.2 Å². The van der Waals surface area contributed by atoms with Crippen LogP contribution >= 0.6 is 11.8 Å². The molecule has 156 valence electrons. The highest BCUT2D eigenvalue weighted by molar-refractivity contribution is 8.13. The highest BCUT2D eigenvalue weighted by atomic mass is 32.2. The van der Waals surface area contributed by atoms with Gasteiger partial charge in [-0.25, -0.2) is 4.39 Å². The van der Waals surface area contributed by atoms with Gasteiger partial charge >= 0.3 is 6.36 Å². The highest BCUT2D eigenvalue weighted by Gasteiger charge is 2.37. The number of carbonyl (C=O) groups is 1. The first kappa shape index (κ1) is 21.4. The Bertz CT molecular complexity index is 898. The third kappa shape index (κ3) is 5.18. The topological polar surface area (TPSA) is 76.7 Å². The zero-order chi connectivity index (χ0) is 21.2. The van der Waals surface area contributed by atoms with Crippen LogP contribution in [0, 0.1) is 5.82 Å². The summed E-state index contributed by atoms with van der Waals surface area (Å²) in [6, 6.07) is 4.16. The standard InChI is InChI=1S/C19H19F4N3O2S/c1-18(8-9-29-17(24)26-18)11-6-7-13(20)14(10-11)25-16(27)12-4-2-3-5-15(12)28-19(21,22)23/h2-4,6-7,10,15H,5,8-9H2,1H3,(H2,24,26)(H,25,27). The molecule has 0 fully saturated rings. The number of carbonyl (C=O) groups excluding carboxylic acids is 1. The van der Waals surface area contributed by atoms with Gasteiger partial charge in [-0.15, -0.1) is 13.2 Å². The lowest BCUT2D eigenvalue weighted by molar-refractivity contribution is -0.336. The first-order chi connectivity index (χ1) is 13.6. The van der Waals surface area contributed by atoms with E-state index < -0.39 is 29.7 Å². The lowest BCUT2D eigenvalue weighted by Gasteiger charge is -2.30. The number of allylic oxidation sites excluding steroid dienone is 2. The minimum Gasteiger partial charge on any atom is -0.379 e. The molecule has 1 amide bonds. The number of alkyl halides is 3. The smallest absolute Gasteiger partial charge is 0.379 e. The molecule has 0 aromatic heterocycles. The van der Waals surface area contributed by atoms with E-state index in [1.165, 1.54) is 42.1 Å². The lowest BCUT2D eigenvalue weighted by atomic mass is 9.89. The molecule has 2 unspecified atom stereocenters. The monoisotopic (exact) mass is 429 g/mol. The summed E-state index contributed by atoms with van der Waals surface area (Å²) < 4.78 is 56.2. The van der Waals surface area contributed by atoms with E-state index in [2.05, 4.69) is 15.0 Å². The Morgan fingerprint density at radius 2 is 2.17 bits per heavy atom.